The van der Waals surface area contributed by atoms with Crippen LogP contribution in [0.25, 0.3) is 22.0 Å². The molecule has 3 rings (SSSR count). The summed E-state index contributed by atoms with van der Waals surface area (Å²) in [7, 11) is 1.50. The number of nitrogens with one attached hydrogen (secondary N) is 1. The van der Waals surface area contributed by atoms with Gasteiger partial charge in [-0.2, -0.15) is 5.26 Å². The summed E-state index contributed by atoms with van der Waals surface area (Å²) in [5.74, 6) is 0.248. The highest BCUT2D eigenvalue weighted by Gasteiger charge is 2.32. The minimum Gasteiger partial charge on any atom is -0.496 e. The topological polar surface area (TPSA) is 58.0 Å². The van der Waals surface area contributed by atoms with E-state index in [1.54, 1.807) is 30.5 Å². The van der Waals surface area contributed by atoms with Crippen molar-refractivity contribution in [2.75, 3.05) is 7.11 Å². The number of para-hydroxylation sites is 1. The highest BCUT2D eigenvalue weighted by Crippen LogP contribution is 2.40. The van der Waals surface area contributed by atoms with Crippen LogP contribution in [0.2, 0.25) is 0 Å². The summed E-state index contributed by atoms with van der Waals surface area (Å²) in [5, 5.41) is 9.64. The predicted octanol–water partition coefficient (Wildman–Crippen LogP) is 4.81. The lowest BCUT2D eigenvalue weighted by Gasteiger charge is -2.14. The molecule has 0 unspecified atom stereocenters. The molecule has 0 spiro atoms. The molecule has 128 valence electrons. The van der Waals surface area contributed by atoms with E-state index in [2.05, 4.69) is 15.8 Å². The Bertz CT molecular complexity index is 955. The molecule has 0 bridgehead atoms. The van der Waals surface area contributed by atoms with Gasteiger partial charge in [-0.25, -0.2) is 0 Å². The third-order valence-electron chi connectivity index (χ3n) is 3.77. The zero-order chi connectivity index (χ0) is 18.0. The van der Waals surface area contributed by atoms with Crippen molar-refractivity contribution < 1.29 is 22.6 Å². The van der Waals surface area contributed by atoms with Gasteiger partial charge in [0.2, 0.25) is 0 Å². The number of methoxy groups -OCH3 is 1. The number of fused-ring (bicyclic) bond motifs is 1. The summed E-state index contributed by atoms with van der Waals surface area (Å²) in [4.78, 5) is 3.04. The van der Waals surface area contributed by atoms with E-state index in [0.29, 0.717) is 27.8 Å². The van der Waals surface area contributed by atoms with Gasteiger partial charge in [0.15, 0.2) is 0 Å². The van der Waals surface area contributed by atoms with Crippen LogP contribution in [0, 0.1) is 11.3 Å². The number of aromatic nitrogens is 1. The average Bonchev–Trinajstić information content (AvgIpc) is 2.98. The lowest BCUT2D eigenvalue weighted by atomic mass is 9.99. The maximum atomic E-state index is 12.7. The lowest BCUT2D eigenvalue weighted by Crippen LogP contribution is -2.17. The molecule has 3 aromatic rings. The third-order valence-corrected chi connectivity index (χ3v) is 3.77. The molecule has 25 heavy (non-hydrogen) atoms. The first-order chi connectivity index (χ1) is 11.9. The second-order valence-electron chi connectivity index (χ2n) is 5.26. The highest BCUT2D eigenvalue weighted by atomic mass is 19.4. The predicted molar refractivity (Wildman–Crippen MR) is 86.3 cm³/mol. The van der Waals surface area contributed by atoms with Gasteiger partial charge in [-0.1, -0.05) is 18.2 Å². The highest BCUT2D eigenvalue weighted by molar-refractivity contribution is 6.01. The van der Waals surface area contributed by atoms with E-state index in [1.807, 2.05) is 0 Å². The number of halogens is 3. The summed E-state index contributed by atoms with van der Waals surface area (Å²) < 4.78 is 47.5. The van der Waals surface area contributed by atoms with Crippen molar-refractivity contribution in [3.63, 3.8) is 0 Å². The van der Waals surface area contributed by atoms with Gasteiger partial charge in [0.25, 0.3) is 0 Å². The molecular formula is C18H13F3N2O2. The number of aromatic amines is 1. The molecule has 0 aliphatic heterocycles. The fraction of sp³-hybridized carbons (Fsp3) is 0.167. The van der Waals surface area contributed by atoms with Crippen molar-refractivity contribution in [2.24, 2.45) is 0 Å². The van der Waals surface area contributed by atoms with Gasteiger partial charge in [0, 0.05) is 22.7 Å². The lowest BCUT2D eigenvalue weighted by molar-refractivity contribution is -0.274. The van der Waals surface area contributed by atoms with Crippen molar-refractivity contribution in [3.05, 3.63) is 48.2 Å². The summed E-state index contributed by atoms with van der Waals surface area (Å²) in [6.45, 7) is 0. The Balaban J connectivity index is 2.23. The number of hydrogen-bond donors (Lipinski definition) is 1. The monoisotopic (exact) mass is 346 g/mol. The Morgan fingerprint density at radius 3 is 2.52 bits per heavy atom. The van der Waals surface area contributed by atoms with Crippen LogP contribution in [0.3, 0.4) is 0 Å². The third kappa shape index (κ3) is 3.24. The van der Waals surface area contributed by atoms with Crippen LogP contribution in [0.4, 0.5) is 13.2 Å². The van der Waals surface area contributed by atoms with Crippen molar-refractivity contribution in [1.82, 2.24) is 4.98 Å². The molecule has 1 aromatic heterocycles. The average molecular weight is 346 g/mol. The van der Waals surface area contributed by atoms with Crippen LogP contribution in [-0.2, 0) is 6.42 Å². The fourth-order valence-electron chi connectivity index (χ4n) is 2.81. The van der Waals surface area contributed by atoms with Crippen molar-refractivity contribution in [1.29, 1.82) is 5.26 Å². The zero-order valence-corrected chi connectivity index (χ0v) is 13.1. The molecule has 2 aromatic carbocycles. The van der Waals surface area contributed by atoms with E-state index in [1.165, 1.54) is 19.2 Å². The standard InChI is InChI=1S/C18H13F3N2O2/c1-24-15-7-6-13(17-16(15)11(8-9-22)10-23-17)12-4-2-3-5-14(12)25-18(19,20)21/h2-7,10,23H,8H2,1H3. The smallest absolute Gasteiger partial charge is 0.496 e. The fourth-order valence-corrected chi connectivity index (χ4v) is 2.81. The van der Waals surface area contributed by atoms with Crippen LogP contribution >= 0.6 is 0 Å². The Kier molecular flexibility index (Phi) is 4.28. The van der Waals surface area contributed by atoms with Gasteiger partial charge >= 0.3 is 6.36 Å². The van der Waals surface area contributed by atoms with Gasteiger partial charge < -0.3 is 14.5 Å². The number of nitrogens with zero attached hydrogens (tertiary/aromatic N) is 1. The van der Waals surface area contributed by atoms with E-state index in [4.69, 9.17) is 10.00 Å². The van der Waals surface area contributed by atoms with Gasteiger partial charge in [-0.05, 0) is 23.8 Å². The van der Waals surface area contributed by atoms with Crippen LogP contribution in [0.1, 0.15) is 5.56 Å². The second kappa shape index (κ2) is 6.40. The van der Waals surface area contributed by atoms with Gasteiger partial charge in [0.1, 0.15) is 11.5 Å². The molecule has 0 amide bonds. The minimum atomic E-state index is -4.79. The SMILES string of the molecule is COc1ccc(-c2ccccc2OC(F)(F)F)c2[nH]cc(CC#N)c12. The van der Waals surface area contributed by atoms with Crippen LogP contribution in [0.5, 0.6) is 11.5 Å². The number of nitriles is 1. The largest absolute Gasteiger partial charge is 0.573 e. The number of alkyl halides is 3. The quantitative estimate of drug-likeness (QED) is 0.738. The Labute approximate surface area is 141 Å². The number of benzene rings is 2. The normalized spacial score (nSPS) is 11.3. The first kappa shape index (κ1) is 16.7. The molecule has 1 N–H and O–H groups in total. The molecular weight excluding hydrogens is 333 g/mol. The number of ether oxygens (including phenoxy) is 2. The molecule has 0 aliphatic rings. The summed E-state index contributed by atoms with van der Waals surface area (Å²) in [6, 6.07) is 11.3. The zero-order valence-electron chi connectivity index (χ0n) is 13.1. The molecule has 7 heteroatoms. The van der Waals surface area contributed by atoms with Gasteiger partial charge in [-0.15, -0.1) is 13.2 Å². The molecule has 0 radical (unpaired) electrons. The summed E-state index contributed by atoms with van der Waals surface area (Å²) in [5.41, 5.74) is 2.12. The molecule has 0 saturated carbocycles. The maximum Gasteiger partial charge on any atom is 0.573 e. The summed E-state index contributed by atoms with van der Waals surface area (Å²) in [6.07, 6.45) is -2.98. The van der Waals surface area contributed by atoms with E-state index in [0.717, 1.165) is 0 Å². The van der Waals surface area contributed by atoms with E-state index in [9.17, 15) is 13.2 Å². The van der Waals surface area contributed by atoms with Gasteiger partial charge in [0.05, 0.1) is 25.1 Å². The molecule has 0 fully saturated rings. The first-order valence-corrected chi connectivity index (χ1v) is 7.33. The minimum absolute atomic E-state index is 0.153. The molecule has 0 atom stereocenters. The van der Waals surface area contributed by atoms with Crippen LogP contribution in [-0.4, -0.2) is 18.5 Å². The number of rotatable bonds is 4. The van der Waals surface area contributed by atoms with E-state index in [-0.39, 0.29) is 17.7 Å². The summed E-state index contributed by atoms with van der Waals surface area (Å²) >= 11 is 0. The molecule has 0 saturated heterocycles. The number of H-pyrrole nitrogens is 1. The number of hydrogen-bond acceptors (Lipinski definition) is 3. The van der Waals surface area contributed by atoms with Crippen molar-refractivity contribution in [3.8, 4) is 28.7 Å². The van der Waals surface area contributed by atoms with Gasteiger partial charge in [-0.3, -0.25) is 0 Å². The first-order valence-electron chi connectivity index (χ1n) is 7.33. The van der Waals surface area contributed by atoms with E-state index >= 15 is 0 Å². The molecule has 1 heterocycles. The maximum absolute atomic E-state index is 12.7. The van der Waals surface area contributed by atoms with Crippen molar-refractivity contribution in [2.45, 2.75) is 12.8 Å². The Hall–Kier alpha value is -3.14. The second-order valence-corrected chi connectivity index (χ2v) is 5.26. The van der Waals surface area contributed by atoms with E-state index < -0.39 is 6.36 Å². The Morgan fingerprint density at radius 2 is 1.84 bits per heavy atom. The van der Waals surface area contributed by atoms with Crippen LogP contribution in [0.15, 0.2) is 42.6 Å². The van der Waals surface area contributed by atoms with Crippen molar-refractivity contribution >= 4 is 10.9 Å². The molecule has 4 nitrogen and oxygen atoms in total. The molecule has 0 aliphatic carbocycles. The van der Waals surface area contributed by atoms with Crippen LogP contribution < -0.4 is 9.47 Å². The Morgan fingerprint density at radius 1 is 1.08 bits per heavy atom.